The van der Waals surface area contributed by atoms with E-state index in [2.05, 4.69) is 10.6 Å². The van der Waals surface area contributed by atoms with Crippen molar-refractivity contribution >= 4 is 17.7 Å². The van der Waals surface area contributed by atoms with Crippen molar-refractivity contribution in [2.75, 3.05) is 13.6 Å². The number of hydrogen-bond acceptors (Lipinski definition) is 4. The number of carbonyl (C=O) groups excluding carboxylic acids is 3. The highest BCUT2D eigenvalue weighted by Crippen LogP contribution is 2.16. The minimum Gasteiger partial charge on any atom is -0.343 e. The zero-order valence-corrected chi connectivity index (χ0v) is 10.7. The van der Waals surface area contributed by atoms with Crippen LogP contribution in [0.4, 0.5) is 0 Å². The van der Waals surface area contributed by atoms with Gasteiger partial charge in [-0.15, -0.1) is 0 Å². The van der Waals surface area contributed by atoms with E-state index in [1.54, 1.807) is 0 Å². The summed E-state index contributed by atoms with van der Waals surface area (Å²) in [6.45, 7) is 2.85. The van der Waals surface area contributed by atoms with Gasteiger partial charge in [0.05, 0.1) is 6.04 Å². The molecular weight excluding hydrogens is 234 g/mol. The molecule has 0 aliphatic carbocycles. The highest BCUT2D eigenvalue weighted by atomic mass is 16.2. The van der Waals surface area contributed by atoms with E-state index < -0.39 is 6.04 Å². The Kier molecular flexibility index (Phi) is 3.65. The van der Waals surface area contributed by atoms with Crippen LogP contribution < -0.4 is 10.6 Å². The van der Waals surface area contributed by atoms with Gasteiger partial charge in [0.15, 0.2) is 0 Å². The summed E-state index contributed by atoms with van der Waals surface area (Å²) in [5, 5.41) is 5.87. The monoisotopic (exact) mass is 253 g/mol. The van der Waals surface area contributed by atoms with E-state index in [1.165, 1.54) is 7.05 Å². The quantitative estimate of drug-likeness (QED) is 0.635. The Hall–Kier alpha value is -1.43. The third kappa shape index (κ3) is 2.38. The van der Waals surface area contributed by atoms with Gasteiger partial charge in [-0.2, -0.15) is 0 Å². The predicted molar refractivity (Wildman–Crippen MR) is 64.5 cm³/mol. The van der Waals surface area contributed by atoms with E-state index in [1.807, 2.05) is 6.92 Å². The molecule has 3 atom stereocenters. The first-order valence-electron chi connectivity index (χ1n) is 6.35. The van der Waals surface area contributed by atoms with E-state index in [9.17, 15) is 14.4 Å². The van der Waals surface area contributed by atoms with Gasteiger partial charge < -0.3 is 10.6 Å². The van der Waals surface area contributed by atoms with Crippen LogP contribution in [0.15, 0.2) is 0 Å². The first kappa shape index (κ1) is 13.0. The van der Waals surface area contributed by atoms with Gasteiger partial charge in [-0.1, -0.05) is 6.92 Å². The molecule has 2 fully saturated rings. The fourth-order valence-electron chi connectivity index (χ4n) is 2.50. The molecule has 0 saturated carbocycles. The third-order valence-electron chi connectivity index (χ3n) is 3.78. The molecule has 0 aromatic rings. The number of nitrogens with zero attached hydrogens (tertiary/aromatic N) is 1. The molecule has 0 aromatic carbocycles. The maximum atomic E-state index is 12.0. The molecule has 18 heavy (non-hydrogen) atoms. The van der Waals surface area contributed by atoms with Crippen molar-refractivity contribution in [1.29, 1.82) is 0 Å². The molecule has 2 rings (SSSR count). The number of likely N-dealkylation sites (tertiary alicyclic amines) is 1. The Labute approximate surface area is 106 Å². The zero-order valence-electron chi connectivity index (χ0n) is 10.7. The van der Waals surface area contributed by atoms with Crippen molar-refractivity contribution in [3.05, 3.63) is 0 Å². The van der Waals surface area contributed by atoms with Crippen LogP contribution in [0.2, 0.25) is 0 Å². The van der Waals surface area contributed by atoms with Crippen LogP contribution in [-0.4, -0.2) is 48.3 Å². The largest absolute Gasteiger partial charge is 0.343 e. The fraction of sp³-hybridized carbons (Fsp3) is 0.750. The van der Waals surface area contributed by atoms with E-state index in [0.717, 1.165) is 17.9 Å². The summed E-state index contributed by atoms with van der Waals surface area (Å²) in [5.74, 6) is -0.354. The van der Waals surface area contributed by atoms with Crippen LogP contribution in [-0.2, 0) is 14.4 Å². The summed E-state index contributed by atoms with van der Waals surface area (Å²) < 4.78 is 0. The summed E-state index contributed by atoms with van der Waals surface area (Å²) in [5.41, 5.74) is 0. The smallest absolute Gasteiger partial charge is 0.251 e. The first-order chi connectivity index (χ1) is 8.50. The van der Waals surface area contributed by atoms with Crippen molar-refractivity contribution < 1.29 is 14.4 Å². The summed E-state index contributed by atoms with van der Waals surface area (Å²) in [6, 6.07) is -0.782. The van der Waals surface area contributed by atoms with Gasteiger partial charge in [-0.05, 0) is 25.3 Å². The molecule has 6 nitrogen and oxygen atoms in total. The summed E-state index contributed by atoms with van der Waals surface area (Å²) in [6.07, 6.45) is 1.67. The maximum Gasteiger partial charge on any atom is 0.251 e. The SMILES string of the molecule is CC1CCNC1C(=O)NC1CCC(=O)N(C)C1=O. The lowest BCUT2D eigenvalue weighted by Crippen LogP contribution is -2.56. The molecule has 2 aliphatic heterocycles. The predicted octanol–water partition coefficient (Wildman–Crippen LogP) is -0.752. The highest BCUT2D eigenvalue weighted by Gasteiger charge is 2.36. The number of carbonyl (C=O) groups is 3. The van der Waals surface area contributed by atoms with Crippen molar-refractivity contribution in [1.82, 2.24) is 15.5 Å². The molecule has 3 unspecified atom stereocenters. The molecule has 6 heteroatoms. The standard InChI is InChI=1S/C12H19N3O3/c1-7-5-6-13-10(7)11(17)14-8-3-4-9(16)15(2)12(8)18/h7-8,10,13H,3-6H2,1-2H3,(H,14,17). The number of nitrogens with one attached hydrogen (secondary N) is 2. The van der Waals surface area contributed by atoms with E-state index in [-0.39, 0.29) is 29.7 Å². The van der Waals surface area contributed by atoms with E-state index in [4.69, 9.17) is 0 Å². The maximum absolute atomic E-state index is 12.0. The molecule has 0 bridgehead atoms. The number of likely N-dealkylation sites (N-methyl/N-ethyl adjacent to an activating group) is 1. The molecule has 2 aliphatic rings. The minimum atomic E-state index is -0.560. The van der Waals surface area contributed by atoms with Gasteiger partial charge in [0.1, 0.15) is 6.04 Å². The molecule has 2 saturated heterocycles. The van der Waals surface area contributed by atoms with E-state index >= 15 is 0 Å². The average Bonchev–Trinajstić information content (AvgIpc) is 2.76. The van der Waals surface area contributed by atoms with Gasteiger partial charge in [0.2, 0.25) is 11.8 Å². The van der Waals surface area contributed by atoms with Crippen molar-refractivity contribution in [2.45, 2.75) is 38.3 Å². The topological polar surface area (TPSA) is 78.5 Å². The third-order valence-corrected chi connectivity index (χ3v) is 3.78. The number of piperidine rings is 1. The summed E-state index contributed by atoms with van der Waals surface area (Å²) in [4.78, 5) is 36.3. The molecule has 100 valence electrons. The van der Waals surface area contributed by atoms with Gasteiger partial charge in [-0.3, -0.25) is 19.3 Å². The summed E-state index contributed by atoms with van der Waals surface area (Å²) >= 11 is 0. The molecule has 0 spiro atoms. The Bertz CT molecular complexity index is 383. The Morgan fingerprint density at radius 1 is 1.39 bits per heavy atom. The van der Waals surface area contributed by atoms with Crippen molar-refractivity contribution in [3.8, 4) is 0 Å². The Morgan fingerprint density at radius 3 is 2.72 bits per heavy atom. The second-order valence-corrected chi connectivity index (χ2v) is 5.09. The average molecular weight is 253 g/mol. The second-order valence-electron chi connectivity index (χ2n) is 5.09. The lowest BCUT2D eigenvalue weighted by atomic mass is 10.0. The minimum absolute atomic E-state index is 0.138. The molecule has 0 aromatic heterocycles. The van der Waals surface area contributed by atoms with Gasteiger partial charge in [0, 0.05) is 13.5 Å². The zero-order chi connectivity index (χ0) is 13.3. The molecule has 0 radical (unpaired) electrons. The van der Waals surface area contributed by atoms with Gasteiger partial charge in [-0.25, -0.2) is 0 Å². The molecule has 3 amide bonds. The molecule has 2 heterocycles. The first-order valence-corrected chi connectivity index (χ1v) is 6.35. The van der Waals surface area contributed by atoms with Gasteiger partial charge in [0.25, 0.3) is 5.91 Å². The van der Waals surface area contributed by atoms with E-state index in [0.29, 0.717) is 12.8 Å². The van der Waals surface area contributed by atoms with Crippen LogP contribution in [0.1, 0.15) is 26.2 Å². The molecule has 2 N–H and O–H groups in total. The van der Waals surface area contributed by atoms with Gasteiger partial charge >= 0.3 is 0 Å². The van der Waals surface area contributed by atoms with Crippen LogP contribution in [0.3, 0.4) is 0 Å². The number of rotatable bonds is 2. The second kappa shape index (κ2) is 5.06. The van der Waals surface area contributed by atoms with Crippen LogP contribution in [0, 0.1) is 5.92 Å². The number of hydrogen-bond donors (Lipinski definition) is 2. The summed E-state index contributed by atoms with van der Waals surface area (Å²) in [7, 11) is 1.46. The molecular formula is C12H19N3O3. The van der Waals surface area contributed by atoms with Crippen LogP contribution >= 0.6 is 0 Å². The normalized spacial score (nSPS) is 32.8. The fourth-order valence-corrected chi connectivity index (χ4v) is 2.50. The Balaban J connectivity index is 1.95. The Morgan fingerprint density at radius 2 is 2.11 bits per heavy atom. The number of amides is 3. The highest BCUT2D eigenvalue weighted by molar-refractivity contribution is 6.01. The lowest BCUT2D eigenvalue weighted by Gasteiger charge is -2.29. The van der Waals surface area contributed by atoms with Crippen LogP contribution in [0.25, 0.3) is 0 Å². The van der Waals surface area contributed by atoms with Crippen molar-refractivity contribution in [2.24, 2.45) is 5.92 Å². The lowest BCUT2D eigenvalue weighted by molar-refractivity contribution is -0.149. The van der Waals surface area contributed by atoms with Crippen molar-refractivity contribution in [3.63, 3.8) is 0 Å². The number of imide groups is 1. The van der Waals surface area contributed by atoms with Crippen LogP contribution in [0.5, 0.6) is 0 Å².